The summed E-state index contributed by atoms with van der Waals surface area (Å²) in [6.07, 6.45) is 0. The van der Waals surface area contributed by atoms with Crippen LogP contribution in [0.3, 0.4) is 0 Å². The summed E-state index contributed by atoms with van der Waals surface area (Å²) in [4.78, 5) is 2.14. The van der Waals surface area contributed by atoms with Gasteiger partial charge in [0.1, 0.15) is 0 Å². The zero-order valence-electron chi connectivity index (χ0n) is 10.6. The molecule has 4 heteroatoms. The van der Waals surface area contributed by atoms with Crippen LogP contribution in [0.4, 0.5) is 0 Å². The van der Waals surface area contributed by atoms with Crippen LogP contribution in [-0.2, 0) is 6.54 Å². The molecule has 0 unspecified atom stereocenters. The first-order valence-corrected chi connectivity index (χ1v) is 7.69. The summed E-state index contributed by atoms with van der Waals surface area (Å²) in [5.74, 6) is 0. The van der Waals surface area contributed by atoms with Gasteiger partial charge >= 0.3 is 0 Å². The zero-order chi connectivity index (χ0) is 13.7. The summed E-state index contributed by atoms with van der Waals surface area (Å²) in [6, 6.07) is 14.0. The van der Waals surface area contributed by atoms with Gasteiger partial charge in [-0.3, -0.25) is 0 Å². The lowest BCUT2D eigenvalue weighted by molar-refractivity contribution is 0.726. The molecular formula is C15H15Cl2NS. The van der Waals surface area contributed by atoms with E-state index in [1.165, 1.54) is 5.56 Å². The van der Waals surface area contributed by atoms with Gasteiger partial charge in [-0.05, 0) is 42.4 Å². The van der Waals surface area contributed by atoms with Gasteiger partial charge in [0.25, 0.3) is 0 Å². The number of hydrogen-bond donors (Lipinski definition) is 1. The van der Waals surface area contributed by atoms with Gasteiger partial charge in [0.15, 0.2) is 0 Å². The Morgan fingerprint density at radius 1 is 1.05 bits per heavy atom. The van der Waals surface area contributed by atoms with Crippen LogP contribution in [0.25, 0.3) is 0 Å². The van der Waals surface area contributed by atoms with Crippen molar-refractivity contribution in [3.63, 3.8) is 0 Å². The van der Waals surface area contributed by atoms with Crippen LogP contribution < -0.4 is 5.32 Å². The fourth-order valence-electron chi connectivity index (χ4n) is 1.63. The quantitative estimate of drug-likeness (QED) is 0.809. The molecule has 0 spiro atoms. The number of nitrogens with one attached hydrogen (secondary N) is 1. The monoisotopic (exact) mass is 311 g/mol. The van der Waals surface area contributed by atoms with Crippen molar-refractivity contribution in [2.24, 2.45) is 0 Å². The van der Waals surface area contributed by atoms with Crippen molar-refractivity contribution < 1.29 is 0 Å². The van der Waals surface area contributed by atoms with E-state index >= 15 is 0 Å². The SMILES string of the molecule is CCNCc1ccc(Sc2cc(Cl)ccc2Cl)cc1. The Hall–Kier alpha value is -0.670. The van der Waals surface area contributed by atoms with E-state index in [0.29, 0.717) is 5.02 Å². The molecule has 0 saturated carbocycles. The Balaban J connectivity index is 2.08. The molecule has 0 aromatic heterocycles. The maximum Gasteiger partial charge on any atom is 0.0546 e. The first-order chi connectivity index (χ1) is 9.19. The van der Waals surface area contributed by atoms with Gasteiger partial charge in [0, 0.05) is 21.4 Å². The third-order valence-corrected chi connectivity index (χ3v) is 4.37. The van der Waals surface area contributed by atoms with Crippen LogP contribution in [0, 0.1) is 0 Å². The molecule has 0 amide bonds. The van der Waals surface area contributed by atoms with E-state index in [1.807, 2.05) is 12.1 Å². The number of rotatable bonds is 5. The average molecular weight is 312 g/mol. The van der Waals surface area contributed by atoms with Crippen molar-refractivity contribution in [2.75, 3.05) is 6.54 Å². The Labute approximate surface area is 128 Å². The molecule has 0 aliphatic carbocycles. The largest absolute Gasteiger partial charge is 0.313 e. The van der Waals surface area contributed by atoms with Crippen LogP contribution >= 0.6 is 35.0 Å². The Morgan fingerprint density at radius 3 is 2.47 bits per heavy atom. The first-order valence-electron chi connectivity index (χ1n) is 6.11. The Kier molecular flexibility index (Phi) is 5.59. The van der Waals surface area contributed by atoms with Crippen LogP contribution in [0.2, 0.25) is 10.0 Å². The second kappa shape index (κ2) is 7.20. The smallest absolute Gasteiger partial charge is 0.0546 e. The fraction of sp³-hybridized carbons (Fsp3) is 0.200. The van der Waals surface area contributed by atoms with E-state index in [4.69, 9.17) is 23.2 Å². The molecule has 2 aromatic rings. The molecule has 0 heterocycles. The van der Waals surface area contributed by atoms with Gasteiger partial charge in [0.05, 0.1) is 5.02 Å². The van der Waals surface area contributed by atoms with Crippen LogP contribution in [-0.4, -0.2) is 6.54 Å². The zero-order valence-corrected chi connectivity index (χ0v) is 12.9. The van der Waals surface area contributed by atoms with Crippen molar-refractivity contribution in [1.29, 1.82) is 0 Å². The molecule has 0 radical (unpaired) electrons. The van der Waals surface area contributed by atoms with Gasteiger partial charge in [-0.2, -0.15) is 0 Å². The summed E-state index contributed by atoms with van der Waals surface area (Å²) in [6.45, 7) is 3.99. The second-order valence-corrected chi connectivity index (χ2v) is 6.06. The van der Waals surface area contributed by atoms with E-state index in [1.54, 1.807) is 17.8 Å². The third-order valence-electron chi connectivity index (χ3n) is 2.62. The van der Waals surface area contributed by atoms with Gasteiger partial charge in [0.2, 0.25) is 0 Å². The molecule has 0 aliphatic rings. The van der Waals surface area contributed by atoms with Crippen molar-refractivity contribution in [3.8, 4) is 0 Å². The van der Waals surface area contributed by atoms with Crippen LogP contribution in [0.5, 0.6) is 0 Å². The highest BCUT2D eigenvalue weighted by Gasteiger charge is 2.04. The van der Waals surface area contributed by atoms with Crippen molar-refractivity contribution >= 4 is 35.0 Å². The Morgan fingerprint density at radius 2 is 1.79 bits per heavy atom. The van der Waals surface area contributed by atoms with E-state index in [9.17, 15) is 0 Å². The van der Waals surface area contributed by atoms with Crippen LogP contribution in [0.1, 0.15) is 12.5 Å². The molecule has 100 valence electrons. The maximum atomic E-state index is 6.16. The predicted molar refractivity (Wildman–Crippen MR) is 84.4 cm³/mol. The minimum absolute atomic E-state index is 0.704. The topological polar surface area (TPSA) is 12.0 Å². The number of halogens is 2. The molecule has 1 nitrogen and oxygen atoms in total. The highest BCUT2D eigenvalue weighted by atomic mass is 35.5. The molecule has 1 N–H and O–H groups in total. The molecule has 2 aromatic carbocycles. The van der Waals surface area contributed by atoms with Gasteiger partial charge in [-0.25, -0.2) is 0 Å². The fourth-order valence-corrected chi connectivity index (χ4v) is 2.97. The standard InChI is InChI=1S/C15H15Cl2NS/c1-2-18-10-11-3-6-13(7-4-11)19-15-9-12(16)5-8-14(15)17/h3-9,18H,2,10H2,1H3. The van der Waals surface area contributed by atoms with E-state index in [0.717, 1.165) is 27.9 Å². The highest BCUT2D eigenvalue weighted by Crippen LogP contribution is 2.35. The molecule has 0 aliphatic heterocycles. The van der Waals surface area contributed by atoms with Gasteiger partial charge in [-0.1, -0.05) is 54.0 Å². The summed E-state index contributed by atoms with van der Waals surface area (Å²) in [7, 11) is 0. The molecule has 0 saturated heterocycles. The minimum atomic E-state index is 0.704. The lowest BCUT2D eigenvalue weighted by Crippen LogP contribution is -2.11. The van der Waals surface area contributed by atoms with Crippen molar-refractivity contribution in [1.82, 2.24) is 5.32 Å². The molecule has 0 bridgehead atoms. The second-order valence-electron chi connectivity index (χ2n) is 4.10. The normalized spacial score (nSPS) is 10.7. The van der Waals surface area contributed by atoms with Crippen molar-refractivity contribution in [3.05, 3.63) is 58.1 Å². The minimum Gasteiger partial charge on any atom is -0.313 e. The molecule has 0 atom stereocenters. The summed E-state index contributed by atoms with van der Waals surface area (Å²) in [5, 5.41) is 4.74. The lowest BCUT2D eigenvalue weighted by Gasteiger charge is -2.06. The van der Waals surface area contributed by atoms with Crippen LogP contribution in [0.15, 0.2) is 52.3 Å². The number of benzene rings is 2. The molecular weight excluding hydrogens is 297 g/mol. The lowest BCUT2D eigenvalue weighted by atomic mass is 10.2. The summed E-state index contributed by atoms with van der Waals surface area (Å²) < 4.78 is 0. The van der Waals surface area contributed by atoms with E-state index in [-0.39, 0.29) is 0 Å². The Bertz CT molecular complexity index is 540. The number of hydrogen-bond acceptors (Lipinski definition) is 2. The highest BCUT2D eigenvalue weighted by molar-refractivity contribution is 7.99. The summed E-state index contributed by atoms with van der Waals surface area (Å²) in [5.41, 5.74) is 1.28. The van der Waals surface area contributed by atoms with Gasteiger partial charge in [-0.15, -0.1) is 0 Å². The van der Waals surface area contributed by atoms with Gasteiger partial charge < -0.3 is 5.32 Å². The third kappa shape index (κ3) is 4.43. The first kappa shape index (κ1) is 14.7. The van der Waals surface area contributed by atoms with E-state index < -0.39 is 0 Å². The van der Waals surface area contributed by atoms with E-state index in [2.05, 4.69) is 36.5 Å². The summed E-state index contributed by atoms with van der Waals surface area (Å²) >= 11 is 13.8. The predicted octanol–water partition coefficient (Wildman–Crippen LogP) is 5.25. The molecule has 19 heavy (non-hydrogen) atoms. The van der Waals surface area contributed by atoms with Crippen molar-refractivity contribution in [2.45, 2.75) is 23.3 Å². The molecule has 2 rings (SSSR count). The average Bonchev–Trinajstić information content (AvgIpc) is 2.42. The maximum absolute atomic E-state index is 6.16. The molecule has 0 fully saturated rings.